The van der Waals surface area contributed by atoms with Crippen molar-refractivity contribution in [3.63, 3.8) is 0 Å². The van der Waals surface area contributed by atoms with Crippen LogP contribution in [0.2, 0.25) is 0 Å². The van der Waals surface area contributed by atoms with Crippen LogP contribution in [0.15, 0.2) is 30.3 Å². The molecule has 1 saturated heterocycles. The number of likely N-dealkylation sites (tertiary alicyclic amines) is 1. The summed E-state index contributed by atoms with van der Waals surface area (Å²) in [7, 11) is 0. The minimum atomic E-state index is -0.502. The van der Waals surface area contributed by atoms with E-state index in [0.29, 0.717) is 19.5 Å². The first-order valence-corrected chi connectivity index (χ1v) is 10.9. The molecule has 1 fully saturated rings. The SMILES string of the molecule is CSC(CC1CCCN1C(=O)OC(C)(C)C)C(=O)NCCc1ccccc1. The Morgan fingerprint density at radius 2 is 2.00 bits per heavy atom. The Bertz CT molecular complexity index is 616. The van der Waals surface area contributed by atoms with E-state index in [1.807, 2.05) is 45.2 Å². The summed E-state index contributed by atoms with van der Waals surface area (Å²) in [6.45, 7) is 6.96. The lowest BCUT2D eigenvalue weighted by atomic mass is 10.1. The summed E-state index contributed by atoms with van der Waals surface area (Å²) in [6.07, 6.45) is 5.05. The summed E-state index contributed by atoms with van der Waals surface area (Å²) < 4.78 is 5.52. The number of nitrogens with zero attached hydrogens (tertiary/aromatic N) is 1. The molecule has 0 radical (unpaired) electrons. The normalized spacial score (nSPS) is 18.2. The number of benzene rings is 1. The fourth-order valence-corrected chi connectivity index (χ4v) is 4.00. The van der Waals surface area contributed by atoms with Gasteiger partial charge in [0.05, 0.1) is 5.25 Å². The molecule has 1 aromatic rings. The van der Waals surface area contributed by atoms with Crippen molar-refractivity contribution in [2.75, 3.05) is 19.3 Å². The molecule has 150 valence electrons. The first-order valence-electron chi connectivity index (χ1n) is 9.64. The zero-order valence-corrected chi connectivity index (χ0v) is 17.7. The second-order valence-electron chi connectivity index (χ2n) is 7.96. The number of hydrogen-bond acceptors (Lipinski definition) is 4. The van der Waals surface area contributed by atoms with Crippen molar-refractivity contribution in [2.24, 2.45) is 0 Å². The summed E-state index contributed by atoms with van der Waals surface area (Å²) in [5.74, 6) is 0.0504. The van der Waals surface area contributed by atoms with Crippen LogP contribution in [-0.4, -0.2) is 53.1 Å². The van der Waals surface area contributed by atoms with E-state index in [1.54, 1.807) is 16.7 Å². The predicted octanol–water partition coefficient (Wildman–Crippen LogP) is 3.87. The molecule has 0 aromatic heterocycles. The van der Waals surface area contributed by atoms with Crippen LogP contribution in [0.25, 0.3) is 0 Å². The maximum absolute atomic E-state index is 12.6. The lowest BCUT2D eigenvalue weighted by Crippen LogP contribution is -2.43. The van der Waals surface area contributed by atoms with Crippen LogP contribution in [-0.2, 0) is 16.0 Å². The van der Waals surface area contributed by atoms with Crippen LogP contribution in [0.4, 0.5) is 4.79 Å². The van der Waals surface area contributed by atoms with E-state index in [-0.39, 0.29) is 23.3 Å². The summed E-state index contributed by atoms with van der Waals surface area (Å²) in [4.78, 5) is 26.8. The molecule has 1 N–H and O–H groups in total. The maximum atomic E-state index is 12.6. The third-order valence-corrected chi connectivity index (χ3v) is 5.60. The summed E-state index contributed by atoms with van der Waals surface area (Å²) in [5, 5.41) is 2.89. The average Bonchev–Trinajstić information content (AvgIpc) is 3.07. The second-order valence-corrected chi connectivity index (χ2v) is 9.00. The molecule has 2 unspecified atom stereocenters. The third kappa shape index (κ3) is 7.09. The molecule has 27 heavy (non-hydrogen) atoms. The Kier molecular flexibility index (Phi) is 8.02. The number of carbonyl (C=O) groups is 2. The Labute approximate surface area is 167 Å². The number of hydrogen-bond donors (Lipinski definition) is 1. The number of nitrogens with one attached hydrogen (secondary N) is 1. The van der Waals surface area contributed by atoms with Crippen molar-refractivity contribution < 1.29 is 14.3 Å². The topological polar surface area (TPSA) is 58.6 Å². The quantitative estimate of drug-likeness (QED) is 0.765. The molecule has 1 aliphatic rings. The van der Waals surface area contributed by atoms with Crippen LogP contribution in [0.3, 0.4) is 0 Å². The molecule has 0 bridgehead atoms. The van der Waals surface area contributed by atoms with E-state index in [9.17, 15) is 9.59 Å². The van der Waals surface area contributed by atoms with Gasteiger partial charge < -0.3 is 15.0 Å². The van der Waals surface area contributed by atoms with Crippen molar-refractivity contribution in [3.05, 3.63) is 35.9 Å². The zero-order chi connectivity index (χ0) is 19.9. The number of rotatable bonds is 7. The van der Waals surface area contributed by atoms with Crippen molar-refractivity contribution in [2.45, 2.75) is 63.3 Å². The van der Waals surface area contributed by atoms with Gasteiger partial charge in [0, 0.05) is 19.1 Å². The fraction of sp³-hybridized carbons (Fsp3) is 0.619. The van der Waals surface area contributed by atoms with Gasteiger partial charge in [0.15, 0.2) is 0 Å². The monoisotopic (exact) mass is 392 g/mol. The number of ether oxygens (including phenoxy) is 1. The van der Waals surface area contributed by atoms with Crippen molar-refractivity contribution in [1.82, 2.24) is 10.2 Å². The lowest BCUT2D eigenvalue weighted by Gasteiger charge is -2.30. The van der Waals surface area contributed by atoms with Crippen LogP contribution >= 0.6 is 11.8 Å². The first-order chi connectivity index (χ1) is 12.8. The zero-order valence-electron chi connectivity index (χ0n) is 16.9. The Hall–Kier alpha value is -1.69. The van der Waals surface area contributed by atoms with Gasteiger partial charge >= 0.3 is 6.09 Å². The third-order valence-electron chi connectivity index (χ3n) is 4.62. The molecule has 1 heterocycles. The van der Waals surface area contributed by atoms with Gasteiger partial charge in [-0.1, -0.05) is 30.3 Å². The maximum Gasteiger partial charge on any atom is 0.410 e. The van der Waals surface area contributed by atoms with E-state index in [1.165, 1.54) is 5.56 Å². The molecule has 5 nitrogen and oxygen atoms in total. The first kappa shape index (κ1) is 21.6. The predicted molar refractivity (Wildman–Crippen MR) is 111 cm³/mol. The number of carbonyl (C=O) groups excluding carboxylic acids is 2. The highest BCUT2D eigenvalue weighted by Crippen LogP contribution is 2.27. The van der Waals surface area contributed by atoms with E-state index >= 15 is 0 Å². The molecule has 0 spiro atoms. The van der Waals surface area contributed by atoms with Gasteiger partial charge in [-0.25, -0.2) is 4.79 Å². The van der Waals surface area contributed by atoms with Crippen LogP contribution in [0.1, 0.15) is 45.6 Å². The smallest absolute Gasteiger partial charge is 0.410 e. The van der Waals surface area contributed by atoms with E-state index in [0.717, 1.165) is 19.3 Å². The molecular weight excluding hydrogens is 360 g/mol. The molecule has 1 aromatic carbocycles. The largest absolute Gasteiger partial charge is 0.444 e. The second kappa shape index (κ2) is 10.0. The molecule has 0 saturated carbocycles. The van der Waals surface area contributed by atoms with Gasteiger partial charge in [0.2, 0.25) is 5.91 Å². The van der Waals surface area contributed by atoms with Crippen LogP contribution in [0.5, 0.6) is 0 Å². The Morgan fingerprint density at radius 3 is 2.63 bits per heavy atom. The summed E-state index contributed by atoms with van der Waals surface area (Å²) in [6, 6.07) is 10.2. The minimum Gasteiger partial charge on any atom is -0.444 e. The van der Waals surface area contributed by atoms with Gasteiger partial charge in [-0.3, -0.25) is 4.79 Å². The summed E-state index contributed by atoms with van der Waals surface area (Å²) in [5.41, 5.74) is 0.711. The van der Waals surface area contributed by atoms with E-state index in [4.69, 9.17) is 4.74 Å². The minimum absolute atomic E-state index is 0.0504. The summed E-state index contributed by atoms with van der Waals surface area (Å²) >= 11 is 1.55. The number of thioether (sulfide) groups is 1. The van der Waals surface area contributed by atoms with E-state index in [2.05, 4.69) is 17.4 Å². The van der Waals surface area contributed by atoms with Gasteiger partial charge in [0.25, 0.3) is 0 Å². The molecule has 6 heteroatoms. The fourth-order valence-electron chi connectivity index (χ4n) is 3.29. The van der Waals surface area contributed by atoms with Crippen molar-refractivity contribution in [3.8, 4) is 0 Å². The molecule has 1 aliphatic heterocycles. The standard InChI is InChI=1S/C21H32N2O3S/c1-21(2,3)26-20(25)23-14-8-11-17(23)15-18(27-4)19(24)22-13-12-16-9-6-5-7-10-16/h5-7,9-10,17-18H,8,11-15H2,1-4H3,(H,22,24). The Morgan fingerprint density at radius 1 is 1.30 bits per heavy atom. The van der Waals surface area contributed by atoms with E-state index < -0.39 is 5.60 Å². The van der Waals surface area contributed by atoms with Crippen LogP contribution < -0.4 is 5.32 Å². The highest BCUT2D eigenvalue weighted by molar-refractivity contribution is 7.99. The Balaban J connectivity index is 1.85. The molecule has 2 amide bonds. The van der Waals surface area contributed by atoms with Gasteiger partial charge in [-0.2, -0.15) is 11.8 Å². The number of amides is 2. The molecular formula is C21H32N2O3S. The molecule has 0 aliphatic carbocycles. The lowest BCUT2D eigenvalue weighted by molar-refractivity contribution is -0.120. The highest BCUT2D eigenvalue weighted by atomic mass is 32.2. The van der Waals surface area contributed by atoms with Gasteiger partial charge in [0.1, 0.15) is 5.60 Å². The van der Waals surface area contributed by atoms with Crippen molar-refractivity contribution in [1.29, 1.82) is 0 Å². The van der Waals surface area contributed by atoms with Crippen LogP contribution in [0, 0.1) is 0 Å². The molecule has 2 atom stereocenters. The highest BCUT2D eigenvalue weighted by Gasteiger charge is 2.34. The average molecular weight is 393 g/mol. The van der Waals surface area contributed by atoms with Gasteiger partial charge in [-0.05, 0) is 58.3 Å². The van der Waals surface area contributed by atoms with Crippen molar-refractivity contribution >= 4 is 23.8 Å². The molecule has 2 rings (SSSR count). The van der Waals surface area contributed by atoms with Gasteiger partial charge in [-0.15, -0.1) is 0 Å².